The Morgan fingerprint density at radius 3 is 1.45 bits per heavy atom. The number of ketones is 1. The monoisotopic (exact) mass is 278 g/mol. The van der Waals surface area contributed by atoms with Crippen LogP contribution in [0.2, 0.25) is 0 Å². The van der Waals surface area contributed by atoms with Gasteiger partial charge in [0, 0.05) is 26.4 Å². The molecule has 0 amide bonds. The molecule has 2 aliphatic heterocycles. The second-order valence-corrected chi connectivity index (χ2v) is 5.07. The van der Waals surface area contributed by atoms with Crippen molar-refractivity contribution in [3.05, 3.63) is 11.1 Å². The predicted octanol–water partition coefficient (Wildman–Crippen LogP) is 0.750. The minimum absolute atomic E-state index is 0.0765. The van der Waals surface area contributed by atoms with Crippen molar-refractivity contribution in [1.82, 2.24) is 0 Å². The summed E-state index contributed by atoms with van der Waals surface area (Å²) in [4.78, 5) is 18.8. The van der Waals surface area contributed by atoms with Gasteiger partial charge in [0.15, 0.2) is 0 Å². The third-order valence-corrected chi connectivity index (χ3v) is 3.90. The third-order valence-electron chi connectivity index (χ3n) is 3.90. The van der Waals surface area contributed by atoms with Gasteiger partial charge >= 0.3 is 17.2 Å². The molecule has 0 bridgehead atoms. The Kier molecular flexibility index (Phi) is 5.32. The van der Waals surface area contributed by atoms with Crippen LogP contribution in [0.1, 0.15) is 25.7 Å². The average molecular weight is 278 g/mol. The first-order valence-corrected chi connectivity index (χ1v) is 6.92. The molecule has 0 atom stereocenters. The number of carbonyl (C=O) groups is 1. The van der Waals surface area contributed by atoms with Gasteiger partial charge in [0.1, 0.15) is 0 Å². The number of hydrogen-bond acceptors (Lipinski definition) is 3. The van der Waals surface area contributed by atoms with Crippen molar-refractivity contribution in [2.24, 2.45) is 11.8 Å². The fourth-order valence-corrected chi connectivity index (χ4v) is 2.70. The number of nitrogens with zero attached hydrogens (tertiary/aromatic N) is 4. The van der Waals surface area contributed by atoms with Crippen LogP contribution in [0.3, 0.4) is 0 Å². The van der Waals surface area contributed by atoms with Crippen molar-refractivity contribution in [3.8, 4) is 0 Å². The summed E-state index contributed by atoms with van der Waals surface area (Å²) in [7, 11) is 0. The van der Waals surface area contributed by atoms with Gasteiger partial charge in [0.25, 0.3) is 0 Å². The lowest BCUT2D eigenvalue weighted by molar-refractivity contribution is -0.118. The van der Waals surface area contributed by atoms with E-state index in [0.717, 1.165) is 0 Å². The first-order valence-electron chi connectivity index (χ1n) is 6.92. The van der Waals surface area contributed by atoms with Gasteiger partial charge in [-0.05, 0) is 25.7 Å². The molecule has 0 spiro atoms. The molecule has 2 rings (SSSR count). The Morgan fingerprint density at radius 1 is 0.800 bits per heavy atom. The van der Waals surface area contributed by atoms with Crippen LogP contribution in [0.25, 0.3) is 11.1 Å². The molecule has 0 saturated carbocycles. The molecule has 0 aromatic carbocycles. The van der Waals surface area contributed by atoms with Gasteiger partial charge < -0.3 is 20.5 Å². The smallest absolute Gasteiger partial charge is 0.349 e. The number of ether oxygens (including phenoxy) is 2. The van der Waals surface area contributed by atoms with Gasteiger partial charge in [-0.25, -0.2) is 0 Å². The van der Waals surface area contributed by atoms with E-state index in [1.165, 1.54) is 0 Å². The Hall–Kier alpha value is -1.65. The standard InChI is InChI=1S/C13H18N4O3/c14-16-11(9-1-5-19-6-2-9)13(18)12(17-15)10-3-7-20-8-4-10/h9-10H,1-8H2. The molecule has 2 aliphatic rings. The van der Waals surface area contributed by atoms with E-state index in [0.29, 0.717) is 52.1 Å². The van der Waals surface area contributed by atoms with E-state index in [-0.39, 0.29) is 23.3 Å². The molecule has 20 heavy (non-hydrogen) atoms. The summed E-state index contributed by atoms with van der Waals surface area (Å²) in [5, 5.41) is 0. The Bertz CT molecular complexity index is 424. The Labute approximate surface area is 117 Å². The van der Waals surface area contributed by atoms with E-state index in [9.17, 15) is 4.79 Å². The quantitative estimate of drug-likeness (QED) is 0.430. The summed E-state index contributed by atoms with van der Waals surface area (Å²) in [5.74, 6) is -0.746. The van der Waals surface area contributed by atoms with Crippen LogP contribution in [0.5, 0.6) is 0 Å². The molecule has 7 heteroatoms. The molecule has 108 valence electrons. The molecule has 2 fully saturated rings. The predicted molar refractivity (Wildman–Crippen MR) is 69.3 cm³/mol. The highest BCUT2D eigenvalue weighted by Crippen LogP contribution is 2.20. The summed E-state index contributed by atoms with van der Waals surface area (Å²) in [6.07, 6.45) is 2.55. The van der Waals surface area contributed by atoms with E-state index in [1.807, 2.05) is 0 Å². The molecule has 2 saturated heterocycles. The second kappa shape index (κ2) is 7.22. The van der Waals surface area contributed by atoms with Gasteiger partial charge in [0.2, 0.25) is 0 Å². The van der Waals surface area contributed by atoms with Crippen LogP contribution in [-0.4, -0.2) is 53.2 Å². The lowest BCUT2D eigenvalue weighted by Gasteiger charge is -2.19. The van der Waals surface area contributed by atoms with Crippen LogP contribution in [0.4, 0.5) is 0 Å². The third kappa shape index (κ3) is 3.26. The zero-order valence-electron chi connectivity index (χ0n) is 11.3. The number of rotatable bonds is 4. The first kappa shape index (κ1) is 14.8. The largest absolute Gasteiger partial charge is 0.381 e. The molecule has 0 aromatic heterocycles. The SMILES string of the molecule is [N-]=[N+]=C(C(=O)C(=[N+]=[N-])C1CCOCC1)C1CCOCC1. The topological polar surface area (TPSA) is 108 Å². The molecule has 0 N–H and O–H groups in total. The van der Waals surface area contributed by atoms with Crippen molar-refractivity contribution in [2.75, 3.05) is 26.4 Å². The minimum Gasteiger partial charge on any atom is -0.381 e. The minimum atomic E-state index is -0.464. The van der Waals surface area contributed by atoms with Crippen LogP contribution in [0, 0.1) is 11.8 Å². The van der Waals surface area contributed by atoms with E-state index < -0.39 is 5.78 Å². The highest BCUT2D eigenvalue weighted by atomic mass is 16.5. The summed E-state index contributed by atoms with van der Waals surface area (Å²) in [5.41, 5.74) is 18.5. The van der Waals surface area contributed by atoms with E-state index >= 15 is 0 Å². The summed E-state index contributed by atoms with van der Waals surface area (Å²) >= 11 is 0. The molecule has 0 radical (unpaired) electrons. The van der Waals surface area contributed by atoms with E-state index in [4.69, 9.17) is 20.5 Å². The second-order valence-electron chi connectivity index (χ2n) is 5.07. The maximum Gasteiger partial charge on any atom is 0.349 e. The molecule has 0 unspecified atom stereocenters. The zero-order chi connectivity index (χ0) is 14.4. The highest BCUT2D eigenvalue weighted by molar-refractivity contribution is 6.64. The van der Waals surface area contributed by atoms with Gasteiger partial charge in [-0.1, -0.05) is 0 Å². The number of hydrogen-bond donors (Lipinski definition) is 0. The van der Waals surface area contributed by atoms with E-state index in [1.54, 1.807) is 0 Å². The number of carbonyl (C=O) groups excluding carboxylic acids is 1. The van der Waals surface area contributed by atoms with Crippen molar-refractivity contribution in [1.29, 1.82) is 0 Å². The number of Topliss-reactive ketones (excluding diaryl/α,β-unsaturated/α-hetero) is 1. The lowest BCUT2D eigenvalue weighted by Crippen LogP contribution is -2.39. The van der Waals surface area contributed by atoms with Crippen LogP contribution < -0.4 is 0 Å². The summed E-state index contributed by atoms with van der Waals surface area (Å²) < 4.78 is 10.5. The van der Waals surface area contributed by atoms with Crippen LogP contribution in [0.15, 0.2) is 0 Å². The molecule has 7 nitrogen and oxygen atoms in total. The van der Waals surface area contributed by atoms with Crippen molar-refractivity contribution < 1.29 is 23.8 Å². The van der Waals surface area contributed by atoms with Gasteiger partial charge in [-0.3, -0.25) is 4.79 Å². The van der Waals surface area contributed by atoms with Crippen molar-refractivity contribution >= 4 is 17.2 Å². The van der Waals surface area contributed by atoms with Crippen LogP contribution in [-0.2, 0) is 14.3 Å². The van der Waals surface area contributed by atoms with Crippen molar-refractivity contribution in [3.63, 3.8) is 0 Å². The van der Waals surface area contributed by atoms with E-state index in [2.05, 4.69) is 9.58 Å². The van der Waals surface area contributed by atoms with Gasteiger partial charge in [-0.15, -0.1) is 0 Å². The molecule has 2 heterocycles. The molecule has 0 aliphatic carbocycles. The highest BCUT2D eigenvalue weighted by Gasteiger charge is 2.43. The van der Waals surface area contributed by atoms with Gasteiger partial charge in [0.05, 0.1) is 11.8 Å². The summed E-state index contributed by atoms with van der Waals surface area (Å²) in [6, 6.07) is 0. The maximum atomic E-state index is 12.4. The van der Waals surface area contributed by atoms with Crippen molar-refractivity contribution in [2.45, 2.75) is 25.7 Å². The molecular formula is C13H18N4O3. The molecular weight excluding hydrogens is 260 g/mol. The molecule has 0 aromatic rings. The zero-order valence-corrected chi connectivity index (χ0v) is 11.3. The lowest BCUT2D eigenvalue weighted by atomic mass is 9.85. The first-order chi connectivity index (χ1) is 9.77. The van der Waals surface area contributed by atoms with Gasteiger partial charge in [-0.2, -0.15) is 9.58 Å². The fourth-order valence-electron chi connectivity index (χ4n) is 2.70. The Morgan fingerprint density at radius 2 is 1.15 bits per heavy atom. The maximum absolute atomic E-state index is 12.4. The average Bonchev–Trinajstić information content (AvgIpc) is 2.51. The van der Waals surface area contributed by atoms with Crippen LogP contribution >= 0.6 is 0 Å². The summed E-state index contributed by atoms with van der Waals surface area (Å²) in [6.45, 7) is 2.17. The Balaban J connectivity index is 2.14. The normalized spacial score (nSPS) is 20.8. The fraction of sp³-hybridized carbons (Fsp3) is 0.769.